The maximum absolute atomic E-state index is 5.72. The minimum atomic E-state index is 0.0230. The summed E-state index contributed by atoms with van der Waals surface area (Å²) in [6, 6.07) is 9.93. The molecule has 0 saturated heterocycles. The van der Waals surface area contributed by atoms with Crippen molar-refractivity contribution < 1.29 is 0 Å². The number of anilines is 1. The summed E-state index contributed by atoms with van der Waals surface area (Å²) in [6.45, 7) is 6.49. The van der Waals surface area contributed by atoms with Gasteiger partial charge in [0, 0.05) is 28.4 Å². The average molecular weight is 298 g/mol. The van der Waals surface area contributed by atoms with Crippen LogP contribution in [-0.2, 0) is 5.41 Å². The second-order valence-corrected chi connectivity index (χ2v) is 7.08. The molecule has 0 aliphatic carbocycles. The van der Waals surface area contributed by atoms with E-state index in [-0.39, 0.29) is 5.41 Å². The first-order valence-electron chi connectivity index (χ1n) is 6.82. The van der Waals surface area contributed by atoms with Crippen molar-refractivity contribution in [3.63, 3.8) is 0 Å². The van der Waals surface area contributed by atoms with Crippen LogP contribution in [0.15, 0.2) is 52.6 Å². The molecule has 0 aliphatic rings. The van der Waals surface area contributed by atoms with Gasteiger partial charge in [0.1, 0.15) is 5.03 Å². The van der Waals surface area contributed by atoms with Gasteiger partial charge in [-0.15, -0.1) is 0 Å². The highest BCUT2D eigenvalue weighted by Gasteiger charge is 2.19. The van der Waals surface area contributed by atoms with E-state index in [2.05, 4.69) is 36.9 Å². The van der Waals surface area contributed by atoms with Crippen LogP contribution < -0.4 is 5.73 Å². The lowest BCUT2D eigenvalue weighted by Gasteiger charge is -2.13. The van der Waals surface area contributed by atoms with E-state index in [0.29, 0.717) is 0 Å². The average Bonchev–Trinajstić information content (AvgIpc) is 2.86. The van der Waals surface area contributed by atoms with Gasteiger partial charge in [0.25, 0.3) is 0 Å². The number of nitrogens with zero attached hydrogens (tertiary/aromatic N) is 3. The van der Waals surface area contributed by atoms with Crippen LogP contribution in [0.1, 0.15) is 26.5 Å². The van der Waals surface area contributed by atoms with Crippen LogP contribution in [0.2, 0.25) is 0 Å². The third-order valence-corrected chi connectivity index (χ3v) is 4.23. The van der Waals surface area contributed by atoms with Crippen LogP contribution in [0.3, 0.4) is 0 Å². The van der Waals surface area contributed by atoms with Crippen LogP contribution in [-0.4, -0.2) is 14.6 Å². The molecule has 5 heteroatoms. The zero-order valence-corrected chi connectivity index (χ0v) is 13.2. The zero-order valence-electron chi connectivity index (χ0n) is 12.4. The van der Waals surface area contributed by atoms with Crippen molar-refractivity contribution >= 4 is 23.0 Å². The van der Waals surface area contributed by atoms with E-state index in [9.17, 15) is 0 Å². The second kappa shape index (κ2) is 5.07. The number of aromatic nitrogens is 3. The van der Waals surface area contributed by atoms with Crippen LogP contribution in [0.25, 0.3) is 5.52 Å². The van der Waals surface area contributed by atoms with Gasteiger partial charge >= 0.3 is 0 Å². The van der Waals surface area contributed by atoms with Crippen LogP contribution in [0.5, 0.6) is 0 Å². The standard InChI is InChI=1S/C16H18N4S/c1-16(2,3)14-10-13-15(18-8-9-20(13)19-14)21-12-6-4-11(17)5-7-12/h4-10H,17H2,1-3H3. The Morgan fingerprint density at radius 1 is 1.14 bits per heavy atom. The Labute approximate surface area is 128 Å². The molecule has 0 aliphatic heterocycles. The Bertz CT molecular complexity index is 769. The fourth-order valence-corrected chi connectivity index (χ4v) is 2.86. The molecule has 0 amide bonds. The van der Waals surface area contributed by atoms with Gasteiger partial charge < -0.3 is 5.73 Å². The third kappa shape index (κ3) is 2.88. The van der Waals surface area contributed by atoms with Gasteiger partial charge in [-0.25, -0.2) is 9.50 Å². The molecule has 0 unspecified atom stereocenters. The van der Waals surface area contributed by atoms with Gasteiger partial charge in [0.2, 0.25) is 0 Å². The number of benzene rings is 1. The molecule has 0 spiro atoms. The second-order valence-electron chi connectivity index (χ2n) is 6.01. The SMILES string of the molecule is CC(C)(C)c1cc2c(Sc3ccc(N)cc3)nccn2n1. The van der Waals surface area contributed by atoms with E-state index >= 15 is 0 Å². The van der Waals surface area contributed by atoms with Gasteiger partial charge in [0.15, 0.2) is 0 Å². The van der Waals surface area contributed by atoms with Crippen LogP contribution in [0, 0.1) is 0 Å². The molecule has 2 heterocycles. The van der Waals surface area contributed by atoms with Crippen LogP contribution >= 0.6 is 11.8 Å². The summed E-state index contributed by atoms with van der Waals surface area (Å²) >= 11 is 1.62. The molecule has 0 fully saturated rings. The Morgan fingerprint density at radius 2 is 1.86 bits per heavy atom. The molecule has 0 bridgehead atoms. The molecule has 1 aromatic carbocycles. The molecule has 0 radical (unpaired) electrons. The van der Waals surface area contributed by atoms with Crippen molar-refractivity contribution in [3.05, 3.63) is 48.4 Å². The first kappa shape index (κ1) is 13.9. The van der Waals surface area contributed by atoms with Gasteiger partial charge in [-0.2, -0.15) is 5.10 Å². The summed E-state index contributed by atoms with van der Waals surface area (Å²) in [5.74, 6) is 0. The minimum absolute atomic E-state index is 0.0230. The Hall–Kier alpha value is -2.01. The highest BCUT2D eigenvalue weighted by Crippen LogP contribution is 2.31. The highest BCUT2D eigenvalue weighted by atomic mass is 32.2. The van der Waals surface area contributed by atoms with Gasteiger partial charge in [0.05, 0.1) is 11.2 Å². The van der Waals surface area contributed by atoms with Crippen molar-refractivity contribution in [3.8, 4) is 0 Å². The molecule has 4 nitrogen and oxygen atoms in total. The van der Waals surface area contributed by atoms with Crippen molar-refractivity contribution in [2.75, 3.05) is 5.73 Å². The number of hydrogen-bond donors (Lipinski definition) is 1. The summed E-state index contributed by atoms with van der Waals surface area (Å²) in [5.41, 5.74) is 8.61. The molecule has 21 heavy (non-hydrogen) atoms. The maximum Gasteiger partial charge on any atom is 0.127 e. The minimum Gasteiger partial charge on any atom is -0.399 e. The first-order valence-corrected chi connectivity index (χ1v) is 7.63. The predicted molar refractivity (Wildman–Crippen MR) is 86.7 cm³/mol. The molecular formula is C16H18N4S. The van der Waals surface area contributed by atoms with E-state index in [4.69, 9.17) is 5.73 Å². The fourth-order valence-electron chi connectivity index (χ4n) is 1.99. The van der Waals surface area contributed by atoms with Gasteiger partial charge in [-0.3, -0.25) is 0 Å². The number of fused-ring (bicyclic) bond motifs is 1. The number of nitrogens with two attached hydrogens (primary N) is 1. The number of rotatable bonds is 2. The lowest BCUT2D eigenvalue weighted by molar-refractivity contribution is 0.562. The molecule has 0 atom stereocenters. The van der Waals surface area contributed by atoms with E-state index in [1.165, 1.54) is 0 Å². The zero-order chi connectivity index (χ0) is 15.0. The van der Waals surface area contributed by atoms with Gasteiger partial charge in [-0.1, -0.05) is 32.5 Å². The fraction of sp³-hybridized carbons (Fsp3) is 0.250. The number of hydrogen-bond acceptors (Lipinski definition) is 4. The largest absolute Gasteiger partial charge is 0.399 e. The summed E-state index contributed by atoms with van der Waals surface area (Å²) < 4.78 is 1.90. The topological polar surface area (TPSA) is 56.2 Å². The van der Waals surface area contributed by atoms with E-state index < -0.39 is 0 Å². The van der Waals surface area contributed by atoms with Crippen molar-refractivity contribution in [2.45, 2.75) is 36.1 Å². The lowest BCUT2D eigenvalue weighted by atomic mass is 9.92. The first-order chi connectivity index (χ1) is 9.93. The molecule has 0 saturated carbocycles. The molecule has 3 aromatic rings. The third-order valence-electron chi connectivity index (χ3n) is 3.22. The highest BCUT2D eigenvalue weighted by molar-refractivity contribution is 7.99. The Kier molecular flexibility index (Phi) is 3.37. The molecular weight excluding hydrogens is 280 g/mol. The lowest BCUT2D eigenvalue weighted by Crippen LogP contribution is -2.11. The van der Waals surface area contributed by atoms with E-state index in [0.717, 1.165) is 26.8 Å². The van der Waals surface area contributed by atoms with Crippen molar-refractivity contribution in [1.29, 1.82) is 0 Å². The normalized spacial score (nSPS) is 12.0. The summed E-state index contributed by atoms with van der Waals surface area (Å²) in [5, 5.41) is 5.59. The summed E-state index contributed by atoms with van der Waals surface area (Å²) in [4.78, 5) is 5.61. The van der Waals surface area contributed by atoms with E-state index in [1.54, 1.807) is 18.0 Å². The smallest absolute Gasteiger partial charge is 0.127 e. The maximum atomic E-state index is 5.72. The van der Waals surface area contributed by atoms with E-state index in [1.807, 2.05) is 35.0 Å². The monoisotopic (exact) mass is 298 g/mol. The predicted octanol–water partition coefficient (Wildman–Crippen LogP) is 3.76. The van der Waals surface area contributed by atoms with Crippen molar-refractivity contribution in [2.24, 2.45) is 0 Å². The Balaban J connectivity index is 2.02. The van der Waals surface area contributed by atoms with Crippen molar-refractivity contribution in [1.82, 2.24) is 14.6 Å². The summed E-state index contributed by atoms with van der Waals surface area (Å²) in [6.07, 6.45) is 3.67. The molecule has 108 valence electrons. The Morgan fingerprint density at radius 3 is 2.52 bits per heavy atom. The number of nitrogen functional groups attached to an aromatic ring is 1. The van der Waals surface area contributed by atoms with Gasteiger partial charge in [-0.05, 0) is 30.3 Å². The molecule has 2 N–H and O–H groups in total. The summed E-state index contributed by atoms with van der Waals surface area (Å²) in [7, 11) is 0. The van der Waals surface area contributed by atoms with Crippen LogP contribution in [0.4, 0.5) is 5.69 Å². The molecule has 3 rings (SSSR count). The molecule has 2 aromatic heterocycles. The quantitative estimate of drug-likeness (QED) is 0.732.